The molecule has 1 aromatic heterocycles. The molecule has 0 aromatic carbocycles. The van der Waals surface area contributed by atoms with Crippen LogP contribution in [0.4, 0.5) is 16.6 Å². The zero-order valence-electron chi connectivity index (χ0n) is 12.5. The van der Waals surface area contributed by atoms with E-state index < -0.39 is 6.09 Å². The van der Waals surface area contributed by atoms with Crippen molar-refractivity contribution in [2.24, 2.45) is 5.92 Å². The third kappa shape index (κ3) is 4.77. The van der Waals surface area contributed by atoms with Gasteiger partial charge >= 0.3 is 6.09 Å². The topological polar surface area (TPSA) is 90.4 Å². The lowest BCUT2D eigenvalue weighted by Gasteiger charge is -2.29. The maximum atomic E-state index is 10.5. The minimum Gasteiger partial charge on any atom is -0.465 e. The molecule has 7 heteroatoms. The number of anilines is 2. The molecule has 0 saturated heterocycles. The molecule has 0 bridgehead atoms. The maximum absolute atomic E-state index is 10.5. The Bertz CT molecular complexity index is 472. The van der Waals surface area contributed by atoms with E-state index in [-0.39, 0.29) is 0 Å². The van der Waals surface area contributed by atoms with Gasteiger partial charge in [0.15, 0.2) is 0 Å². The largest absolute Gasteiger partial charge is 0.465 e. The zero-order chi connectivity index (χ0) is 15.2. The van der Waals surface area contributed by atoms with Crippen LogP contribution in [0, 0.1) is 5.92 Å². The molecule has 21 heavy (non-hydrogen) atoms. The van der Waals surface area contributed by atoms with Crippen LogP contribution < -0.4 is 15.5 Å². The van der Waals surface area contributed by atoms with Crippen LogP contribution in [-0.2, 0) is 0 Å². The van der Waals surface area contributed by atoms with Gasteiger partial charge in [0.05, 0.1) is 0 Å². The molecule has 1 saturated carbocycles. The maximum Gasteiger partial charge on any atom is 0.404 e. The van der Waals surface area contributed by atoms with Crippen LogP contribution in [-0.4, -0.2) is 47.8 Å². The summed E-state index contributed by atoms with van der Waals surface area (Å²) >= 11 is 0. The number of carboxylic acid groups (broad SMARTS) is 1. The molecule has 0 radical (unpaired) electrons. The van der Waals surface area contributed by atoms with E-state index in [1.807, 2.05) is 25.1 Å². The first-order chi connectivity index (χ1) is 10.0. The minimum atomic E-state index is -0.941. The van der Waals surface area contributed by atoms with E-state index in [1.165, 1.54) is 0 Å². The van der Waals surface area contributed by atoms with Crippen molar-refractivity contribution in [3.63, 3.8) is 0 Å². The van der Waals surface area contributed by atoms with Gasteiger partial charge in [0.25, 0.3) is 0 Å². The van der Waals surface area contributed by atoms with E-state index in [0.717, 1.165) is 31.5 Å². The minimum absolute atomic E-state index is 0.364. The van der Waals surface area contributed by atoms with E-state index in [0.29, 0.717) is 24.5 Å². The van der Waals surface area contributed by atoms with Gasteiger partial charge in [-0.1, -0.05) is 0 Å². The van der Waals surface area contributed by atoms with Crippen LogP contribution in [0.15, 0.2) is 12.3 Å². The van der Waals surface area contributed by atoms with Gasteiger partial charge < -0.3 is 20.6 Å². The Morgan fingerprint density at radius 1 is 1.38 bits per heavy atom. The average molecular weight is 293 g/mol. The third-order valence-electron chi connectivity index (χ3n) is 3.82. The second-order valence-corrected chi connectivity index (χ2v) is 5.68. The van der Waals surface area contributed by atoms with Crippen LogP contribution in [0.5, 0.6) is 0 Å². The second-order valence-electron chi connectivity index (χ2n) is 5.68. The van der Waals surface area contributed by atoms with Crippen molar-refractivity contribution in [3.05, 3.63) is 12.3 Å². The van der Waals surface area contributed by atoms with Crippen LogP contribution in [0.2, 0.25) is 0 Å². The molecule has 1 aliphatic carbocycles. The Morgan fingerprint density at radius 2 is 2.10 bits per heavy atom. The Balaban J connectivity index is 1.80. The summed E-state index contributed by atoms with van der Waals surface area (Å²) in [4.78, 5) is 21.2. The lowest BCUT2D eigenvalue weighted by molar-refractivity contribution is 0.190. The van der Waals surface area contributed by atoms with Crippen molar-refractivity contribution < 1.29 is 9.90 Å². The summed E-state index contributed by atoms with van der Waals surface area (Å²) in [6.07, 6.45) is 4.89. The van der Waals surface area contributed by atoms with Crippen LogP contribution >= 0.6 is 0 Å². The highest BCUT2D eigenvalue weighted by Gasteiger charge is 2.22. The average Bonchev–Trinajstić information content (AvgIpc) is 2.47. The SMILES string of the molecule is CN(C)c1ccnc(NC2CCC(CNC(=O)O)CC2)n1. The zero-order valence-corrected chi connectivity index (χ0v) is 12.5. The number of hydrogen-bond donors (Lipinski definition) is 3. The number of hydrogen-bond acceptors (Lipinski definition) is 5. The lowest BCUT2D eigenvalue weighted by atomic mass is 9.86. The monoisotopic (exact) mass is 293 g/mol. The van der Waals surface area contributed by atoms with Crippen molar-refractivity contribution >= 4 is 17.9 Å². The second kappa shape index (κ2) is 7.10. The summed E-state index contributed by atoms with van der Waals surface area (Å²) in [5, 5.41) is 14.5. The molecular formula is C14H23N5O2. The predicted molar refractivity (Wildman–Crippen MR) is 81.8 cm³/mol. The predicted octanol–water partition coefficient (Wildman–Crippen LogP) is 1.78. The van der Waals surface area contributed by atoms with Crippen LogP contribution in [0.25, 0.3) is 0 Å². The number of nitrogens with zero attached hydrogens (tertiary/aromatic N) is 3. The Morgan fingerprint density at radius 3 is 2.71 bits per heavy atom. The van der Waals surface area contributed by atoms with Crippen molar-refractivity contribution in [2.45, 2.75) is 31.7 Å². The molecule has 1 fully saturated rings. The summed E-state index contributed by atoms with van der Waals surface area (Å²) < 4.78 is 0. The van der Waals surface area contributed by atoms with E-state index in [2.05, 4.69) is 20.6 Å². The first-order valence-electron chi connectivity index (χ1n) is 7.28. The molecule has 0 atom stereocenters. The molecule has 7 nitrogen and oxygen atoms in total. The first kappa shape index (κ1) is 15.3. The standard InChI is InChI=1S/C14H23N5O2/c1-19(2)12-7-8-15-13(18-12)17-11-5-3-10(4-6-11)9-16-14(20)21/h7-8,10-11,16H,3-6,9H2,1-2H3,(H,20,21)(H,15,17,18). The fourth-order valence-corrected chi connectivity index (χ4v) is 2.59. The highest BCUT2D eigenvalue weighted by atomic mass is 16.4. The number of rotatable bonds is 5. The summed E-state index contributed by atoms with van der Waals surface area (Å²) in [5.74, 6) is 1.98. The molecule has 1 amide bonds. The quantitative estimate of drug-likeness (QED) is 0.766. The van der Waals surface area contributed by atoms with Crippen LogP contribution in [0.1, 0.15) is 25.7 Å². The summed E-state index contributed by atoms with van der Waals surface area (Å²) in [6.45, 7) is 0.550. The van der Waals surface area contributed by atoms with Gasteiger partial charge in [-0.15, -0.1) is 0 Å². The molecule has 0 unspecified atom stereocenters. The fraction of sp³-hybridized carbons (Fsp3) is 0.643. The number of aromatic nitrogens is 2. The molecule has 3 N–H and O–H groups in total. The number of nitrogens with one attached hydrogen (secondary N) is 2. The Hall–Kier alpha value is -2.05. The van der Waals surface area contributed by atoms with Gasteiger partial charge in [0, 0.05) is 32.9 Å². The van der Waals surface area contributed by atoms with Crippen molar-refractivity contribution in [1.82, 2.24) is 15.3 Å². The highest BCUT2D eigenvalue weighted by Crippen LogP contribution is 2.25. The van der Waals surface area contributed by atoms with Gasteiger partial charge in [-0.05, 0) is 37.7 Å². The molecule has 0 aliphatic heterocycles. The molecule has 2 rings (SSSR count). The molecular weight excluding hydrogens is 270 g/mol. The molecule has 116 valence electrons. The van der Waals surface area contributed by atoms with Gasteiger partial charge in [-0.25, -0.2) is 9.78 Å². The highest BCUT2D eigenvalue weighted by molar-refractivity contribution is 5.64. The van der Waals surface area contributed by atoms with Gasteiger partial charge in [-0.2, -0.15) is 4.98 Å². The molecule has 0 spiro atoms. The number of carbonyl (C=O) groups is 1. The summed E-state index contributed by atoms with van der Waals surface area (Å²) in [7, 11) is 3.90. The van der Waals surface area contributed by atoms with Gasteiger partial charge in [-0.3, -0.25) is 0 Å². The molecule has 1 aliphatic rings. The lowest BCUT2D eigenvalue weighted by Crippen LogP contribution is -2.33. The van der Waals surface area contributed by atoms with Crippen LogP contribution in [0.3, 0.4) is 0 Å². The summed E-state index contributed by atoms with van der Waals surface area (Å²) in [5.41, 5.74) is 0. The van der Waals surface area contributed by atoms with E-state index in [4.69, 9.17) is 5.11 Å². The third-order valence-corrected chi connectivity index (χ3v) is 3.82. The normalized spacial score (nSPS) is 21.6. The first-order valence-corrected chi connectivity index (χ1v) is 7.28. The smallest absolute Gasteiger partial charge is 0.404 e. The van der Waals surface area contributed by atoms with E-state index in [1.54, 1.807) is 6.20 Å². The van der Waals surface area contributed by atoms with Gasteiger partial charge in [0.1, 0.15) is 5.82 Å². The molecule has 1 aromatic rings. The Labute approximate surface area is 124 Å². The van der Waals surface area contributed by atoms with Gasteiger partial charge in [0.2, 0.25) is 5.95 Å². The van der Waals surface area contributed by atoms with Crippen molar-refractivity contribution in [1.29, 1.82) is 0 Å². The summed E-state index contributed by atoms with van der Waals surface area (Å²) in [6, 6.07) is 2.24. The fourth-order valence-electron chi connectivity index (χ4n) is 2.59. The van der Waals surface area contributed by atoms with Crippen molar-refractivity contribution in [3.8, 4) is 0 Å². The Kier molecular flexibility index (Phi) is 5.19. The van der Waals surface area contributed by atoms with Crippen molar-refractivity contribution in [2.75, 3.05) is 30.9 Å². The molecule has 1 heterocycles. The van der Waals surface area contributed by atoms with E-state index in [9.17, 15) is 4.79 Å². The number of amides is 1. The van der Waals surface area contributed by atoms with E-state index >= 15 is 0 Å².